The third-order valence-corrected chi connectivity index (χ3v) is 6.57. The second-order valence-corrected chi connectivity index (χ2v) is 8.77. The summed E-state index contributed by atoms with van der Waals surface area (Å²) in [5.41, 5.74) is 2.87. The molecule has 3 heterocycles. The van der Waals surface area contributed by atoms with Crippen LogP contribution in [0.1, 0.15) is 30.8 Å². The maximum atomic E-state index is 13.5. The first-order valence-electron chi connectivity index (χ1n) is 10.7. The molecule has 5 nitrogen and oxygen atoms in total. The standard InChI is InChI=1S/C24H24FN5S/c25-19-9-12-21(13-10-19)30-23(16-29-14-4-1-5-15-29)27-28-24(30)31-17-20-11-8-18-6-2-3-7-22(18)26-20/h2-3,6-13H,1,4-5,14-17H2. The summed E-state index contributed by atoms with van der Waals surface area (Å²) in [5.74, 6) is 1.33. The van der Waals surface area contributed by atoms with E-state index in [1.807, 2.05) is 18.2 Å². The van der Waals surface area contributed by atoms with E-state index in [9.17, 15) is 4.39 Å². The molecule has 0 amide bonds. The number of para-hydroxylation sites is 1. The van der Waals surface area contributed by atoms with E-state index in [1.165, 1.54) is 31.4 Å². The zero-order valence-electron chi connectivity index (χ0n) is 17.2. The van der Waals surface area contributed by atoms with Gasteiger partial charge in [0.05, 0.1) is 17.8 Å². The molecule has 1 fully saturated rings. The molecule has 158 valence electrons. The Morgan fingerprint density at radius 3 is 2.52 bits per heavy atom. The fourth-order valence-corrected chi connectivity index (χ4v) is 4.87. The first kappa shape index (κ1) is 20.2. The first-order valence-corrected chi connectivity index (χ1v) is 11.6. The smallest absolute Gasteiger partial charge is 0.196 e. The molecule has 0 atom stereocenters. The highest BCUT2D eigenvalue weighted by Gasteiger charge is 2.19. The molecule has 0 radical (unpaired) electrons. The van der Waals surface area contributed by atoms with Crippen LogP contribution >= 0.6 is 11.8 Å². The fourth-order valence-electron chi connectivity index (χ4n) is 3.99. The van der Waals surface area contributed by atoms with E-state index in [4.69, 9.17) is 4.98 Å². The van der Waals surface area contributed by atoms with E-state index in [0.717, 1.165) is 52.9 Å². The van der Waals surface area contributed by atoms with Crippen LogP contribution in [0.25, 0.3) is 16.6 Å². The van der Waals surface area contributed by atoms with Gasteiger partial charge < -0.3 is 0 Å². The highest BCUT2D eigenvalue weighted by molar-refractivity contribution is 7.98. The van der Waals surface area contributed by atoms with Gasteiger partial charge in [-0.1, -0.05) is 42.4 Å². The highest BCUT2D eigenvalue weighted by Crippen LogP contribution is 2.27. The average molecular weight is 434 g/mol. The maximum absolute atomic E-state index is 13.5. The van der Waals surface area contributed by atoms with Gasteiger partial charge in [-0.3, -0.25) is 14.5 Å². The van der Waals surface area contributed by atoms with Crippen LogP contribution in [0, 0.1) is 5.82 Å². The van der Waals surface area contributed by atoms with Crippen LogP contribution in [0.5, 0.6) is 0 Å². The molecule has 1 aliphatic rings. The Morgan fingerprint density at radius 1 is 0.871 bits per heavy atom. The number of fused-ring (bicyclic) bond motifs is 1. The minimum atomic E-state index is -0.246. The maximum Gasteiger partial charge on any atom is 0.196 e. The number of pyridine rings is 1. The Bertz CT molecular complexity index is 1170. The molecule has 0 N–H and O–H groups in total. The van der Waals surface area contributed by atoms with Crippen molar-refractivity contribution in [3.05, 3.63) is 78.0 Å². The van der Waals surface area contributed by atoms with Gasteiger partial charge >= 0.3 is 0 Å². The van der Waals surface area contributed by atoms with E-state index in [2.05, 4.69) is 37.9 Å². The average Bonchev–Trinajstić information content (AvgIpc) is 3.21. The summed E-state index contributed by atoms with van der Waals surface area (Å²) in [6.45, 7) is 2.92. The van der Waals surface area contributed by atoms with Crippen molar-refractivity contribution >= 4 is 22.7 Å². The summed E-state index contributed by atoms with van der Waals surface area (Å²) in [6.07, 6.45) is 3.74. The number of rotatable bonds is 6. The molecule has 0 bridgehead atoms. The Labute approximate surface area is 185 Å². The molecule has 0 spiro atoms. The number of hydrogen-bond donors (Lipinski definition) is 0. The van der Waals surface area contributed by atoms with Crippen molar-refractivity contribution in [3.63, 3.8) is 0 Å². The van der Waals surface area contributed by atoms with Crippen molar-refractivity contribution in [2.24, 2.45) is 0 Å². The number of thioether (sulfide) groups is 1. The first-order chi connectivity index (χ1) is 15.3. The summed E-state index contributed by atoms with van der Waals surface area (Å²) in [4.78, 5) is 7.19. The normalized spacial score (nSPS) is 14.9. The monoisotopic (exact) mass is 433 g/mol. The van der Waals surface area contributed by atoms with Gasteiger partial charge in [-0.15, -0.1) is 10.2 Å². The molecule has 7 heteroatoms. The predicted molar refractivity (Wildman–Crippen MR) is 122 cm³/mol. The van der Waals surface area contributed by atoms with Crippen LogP contribution in [0.4, 0.5) is 4.39 Å². The van der Waals surface area contributed by atoms with Crippen LogP contribution in [0.2, 0.25) is 0 Å². The summed E-state index contributed by atoms with van der Waals surface area (Å²) in [5, 5.41) is 10.9. The van der Waals surface area contributed by atoms with Gasteiger partial charge in [0.15, 0.2) is 11.0 Å². The van der Waals surface area contributed by atoms with Crippen LogP contribution in [-0.4, -0.2) is 37.7 Å². The quantitative estimate of drug-likeness (QED) is 0.390. The van der Waals surface area contributed by atoms with Crippen LogP contribution < -0.4 is 0 Å². The molecule has 4 aromatic rings. The van der Waals surface area contributed by atoms with E-state index >= 15 is 0 Å². The lowest BCUT2D eigenvalue weighted by Crippen LogP contribution is -2.30. The minimum absolute atomic E-state index is 0.246. The fraction of sp³-hybridized carbons (Fsp3) is 0.292. The number of benzene rings is 2. The predicted octanol–water partition coefficient (Wildman–Crippen LogP) is 5.23. The van der Waals surface area contributed by atoms with Crippen molar-refractivity contribution in [1.82, 2.24) is 24.6 Å². The van der Waals surface area contributed by atoms with Crippen molar-refractivity contribution in [1.29, 1.82) is 0 Å². The SMILES string of the molecule is Fc1ccc(-n2c(CN3CCCCC3)nnc2SCc2ccc3ccccc3n2)cc1. The van der Waals surface area contributed by atoms with Gasteiger partial charge in [-0.25, -0.2) is 4.39 Å². The van der Waals surface area contributed by atoms with Gasteiger partial charge in [0, 0.05) is 16.8 Å². The third-order valence-electron chi connectivity index (χ3n) is 5.60. The van der Waals surface area contributed by atoms with Gasteiger partial charge in [0.1, 0.15) is 5.82 Å². The Kier molecular flexibility index (Phi) is 5.95. The molecule has 0 unspecified atom stereocenters. The van der Waals surface area contributed by atoms with Gasteiger partial charge in [-0.05, 0) is 62.3 Å². The summed E-state index contributed by atoms with van der Waals surface area (Å²) in [6, 6.07) is 18.8. The number of hydrogen-bond acceptors (Lipinski definition) is 5. The summed E-state index contributed by atoms with van der Waals surface area (Å²) in [7, 11) is 0. The van der Waals surface area contributed by atoms with Crippen LogP contribution in [0.3, 0.4) is 0 Å². The Hall–Kier alpha value is -2.77. The minimum Gasteiger partial charge on any atom is -0.296 e. The number of aromatic nitrogens is 4. The lowest BCUT2D eigenvalue weighted by molar-refractivity contribution is 0.214. The van der Waals surface area contributed by atoms with E-state index in [1.54, 1.807) is 23.9 Å². The molecule has 1 saturated heterocycles. The number of piperidine rings is 1. The largest absolute Gasteiger partial charge is 0.296 e. The third kappa shape index (κ3) is 4.62. The molecule has 5 rings (SSSR count). The molecule has 31 heavy (non-hydrogen) atoms. The molecule has 2 aromatic carbocycles. The second kappa shape index (κ2) is 9.16. The zero-order valence-corrected chi connectivity index (χ0v) is 18.1. The lowest BCUT2D eigenvalue weighted by atomic mass is 10.1. The van der Waals surface area contributed by atoms with Crippen molar-refractivity contribution < 1.29 is 4.39 Å². The molecule has 1 aliphatic heterocycles. The number of nitrogens with zero attached hydrogens (tertiary/aromatic N) is 5. The van der Waals surface area contributed by atoms with Gasteiger partial charge in [-0.2, -0.15) is 0 Å². The second-order valence-electron chi connectivity index (χ2n) is 7.83. The molecule has 0 saturated carbocycles. The zero-order chi connectivity index (χ0) is 21.0. The van der Waals surface area contributed by atoms with Crippen molar-refractivity contribution in [2.45, 2.75) is 36.7 Å². The lowest BCUT2D eigenvalue weighted by Gasteiger charge is -2.26. The van der Waals surface area contributed by atoms with E-state index in [0.29, 0.717) is 5.75 Å². The molecule has 0 aliphatic carbocycles. The van der Waals surface area contributed by atoms with E-state index < -0.39 is 0 Å². The summed E-state index contributed by atoms with van der Waals surface area (Å²) < 4.78 is 15.6. The van der Waals surface area contributed by atoms with Gasteiger partial charge in [0.2, 0.25) is 0 Å². The van der Waals surface area contributed by atoms with Crippen LogP contribution in [0.15, 0.2) is 65.8 Å². The highest BCUT2D eigenvalue weighted by atomic mass is 32.2. The molecular weight excluding hydrogens is 409 g/mol. The van der Waals surface area contributed by atoms with Crippen molar-refractivity contribution in [2.75, 3.05) is 13.1 Å². The summed E-state index contributed by atoms with van der Waals surface area (Å²) >= 11 is 1.61. The molecule has 2 aromatic heterocycles. The topological polar surface area (TPSA) is 46.8 Å². The van der Waals surface area contributed by atoms with Gasteiger partial charge in [0.25, 0.3) is 0 Å². The Morgan fingerprint density at radius 2 is 1.68 bits per heavy atom. The number of halogens is 1. The Balaban J connectivity index is 1.41. The number of likely N-dealkylation sites (tertiary alicyclic amines) is 1. The molecular formula is C24H24FN5S. The van der Waals surface area contributed by atoms with E-state index in [-0.39, 0.29) is 5.82 Å². The van der Waals surface area contributed by atoms with Crippen LogP contribution in [-0.2, 0) is 12.3 Å². The van der Waals surface area contributed by atoms with Crippen molar-refractivity contribution in [3.8, 4) is 5.69 Å².